The lowest BCUT2D eigenvalue weighted by molar-refractivity contribution is 0.146. The summed E-state index contributed by atoms with van der Waals surface area (Å²) in [5.74, 6) is -0.315. The van der Waals surface area contributed by atoms with Crippen LogP contribution in [0.4, 0.5) is 23.7 Å². The molecule has 0 fully saturated rings. The minimum absolute atomic E-state index is 0.139. The van der Waals surface area contributed by atoms with Crippen LogP contribution in [-0.4, -0.2) is 41.3 Å². The summed E-state index contributed by atoms with van der Waals surface area (Å²) in [6, 6.07) is 8.84. The number of anilines is 1. The van der Waals surface area contributed by atoms with Crippen LogP contribution in [0.15, 0.2) is 48.7 Å². The fraction of sp³-hybridized carbons (Fsp3) is 0.280. The average molecular weight is 471 g/mol. The minimum atomic E-state index is -2.90. The second-order valence-corrected chi connectivity index (χ2v) is 8.05. The lowest BCUT2D eigenvalue weighted by Crippen LogP contribution is -2.33. The highest BCUT2D eigenvalue weighted by Gasteiger charge is 2.22. The molecule has 3 aromatic rings. The third-order valence-electron chi connectivity index (χ3n) is 6.02. The normalized spacial score (nSPS) is 14.8. The van der Waals surface area contributed by atoms with E-state index >= 15 is 0 Å². The van der Waals surface area contributed by atoms with Crippen LogP contribution >= 0.6 is 0 Å². The van der Waals surface area contributed by atoms with Gasteiger partial charge in [-0.1, -0.05) is 24.3 Å². The first-order valence-electron chi connectivity index (χ1n) is 10.8. The second kappa shape index (κ2) is 9.62. The third kappa shape index (κ3) is 4.50. The number of hydrogen-bond donors (Lipinski definition) is 2. The van der Waals surface area contributed by atoms with Crippen LogP contribution < -0.4 is 10.1 Å². The summed E-state index contributed by atoms with van der Waals surface area (Å²) in [7, 11) is 1.56. The van der Waals surface area contributed by atoms with Crippen molar-refractivity contribution in [1.82, 2.24) is 9.88 Å². The molecule has 34 heavy (non-hydrogen) atoms. The maximum atomic E-state index is 14.7. The summed E-state index contributed by atoms with van der Waals surface area (Å²) in [6.07, 6.45) is 0.128. The molecule has 0 saturated carbocycles. The van der Waals surface area contributed by atoms with Crippen LogP contribution in [0, 0.1) is 5.82 Å². The topological polar surface area (TPSA) is 74.7 Å². The van der Waals surface area contributed by atoms with Gasteiger partial charge in [0.25, 0.3) is 6.43 Å². The van der Waals surface area contributed by atoms with Crippen LogP contribution in [-0.2, 0) is 0 Å². The number of ether oxygens (including phenoxy) is 1. The zero-order valence-corrected chi connectivity index (χ0v) is 18.7. The van der Waals surface area contributed by atoms with Gasteiger partial charge in [-0.3, -0.25) is 4.98 Å². The number of carbonyl (C=O) groups is 1. The molecule has 0 radical (unpaired) electrons. The van der Waals surface area contributed by atoms with Crippen molar-refractivity contribution in [2.24, 2.45) is 0 Å². The molecule has 0 bridgehead atoms. The minimum Gasteiger partial charge on any atom is -0.496 e. The number of aromatic nitrogens is 1. The largest absolute Gasteiger partial charge is 0.496 e. The van der Waals surface area contributed by atoms with Gasteiger partial charge in [-0.15, -0.1) is 0 Å². The zero-order chi connectivity index (χ0) is 24.4. The third-order valence-corrected chi connectivity index (χ3v) is 6.02. The molecule has 1 aliphatic rings. The number of amides is 1. The predicted octanol–water partition coefficient (Wildman–Crippen LogP) is 6.26. The number of carboxylic acid groups (broad SMARTS) is 1. The fourth-order valence-electron chi connectivity index (χ4n) is 4.19. The van der Waals surface area contributed by atoms with Crippen molar-refractivity contribution in [3.63, 3.8) is 0 Å². The molecule has 0 aliphatic carbocycles. The second-order valence-electron chi connectivity index (χ2n) is 8.05. The van der Waals surface area contributed by atoms with Gasteiger partial charge in [-0.05, 0) is 31.1 Å². The molecule has 0 unspecified atom stereocenters. The molecule has 0 saturated heterocycles. The number of pyridine rings is 1. The van der Waals surface area contributed by atoms with Gasteiger partial charge in [0.2, 0.25) is 0 Å². The maximum Gasteiger partial charge on any atom is 0.407 e. The van der Waals surface area contributed by atoms with Crippen molar-refractivity contribution in [2.75, 3.05) is 25.5 Å². The van der Waals surface area contributed by atoms with Crippen LogP contribution in [0.25, 0.3) is 16.5 Å². The van der Waals surface area contributed by atoms with Gasteiger partial charge in [-0.25, -0.2) is 18.0 Å². The summed E-state index contributed by atoms with van der Waals surface area (Å²) in [5, 5.41) is 13.2. The van der Waals surface area contributed by atoms with Gasteiger partial charge in [0.15, 0.2) is 0 Å². The first-order chi connectivity index (χ1) is 16.3. The van der Waals surface area contributed by atoms with E-state index in [9.17, 15) is 23.1 Å². The van der Waals surface area contributed by atoms with Gasteiger partial charge < -0.3 is 20.1 Å². The van der Waals surface area contributed by atoms with Gasteiger partial charge in [0, 0.05) is 47.6 Å². The van der Waals surface area contributed by atoms with Crippen molar-refractivity contribution < 1.29 is 27.8 Å². The van der Waals surface area contributed by atoms with Crippen LogP contribution in [0.5, 0.6) is 5.75 Å². The van der Waals surface area contributed by atoms with E-state index in [1.54, 1.807) is 32.4 Å². The van der Waals surface area contributed by atoms with E-state index in [4.69, 9.17) is 4.74 Å². The van der Waals surface area contributed by atoms with E-state index < -0.39 is 29.9 Å². The van der Waals surface area contributed by atoms with E-state index in [-0.39, 0.29) is 12.1 Å². The smallest absolute Gasteiger partial charge is 0.407 e. The Morgan fingerprint density at radius 1 is 1.24 bits per heavy atom. The molecule has 178 valence electrons. The SMILES string of the molecule is COc1cc2nccc(N[C@H](C)c3cccc(C(F)F)c3F)c2cc1C1=CCN(C(=O)O)CC1. The molecule has 0 spiro atoms. The van der Waals surface area contributed by atoms with Crippen molar-refractivity contribution in [1.29, 1.82) is 0 Å². The quantitative estimate of drug-likeness (QED) is 0.444. The summed E-state index contributed by atoms with van der Waals surface area (Å²) in [5.41, 5.74) is 2.58. The molecular weight excluding hydrogens is 447 g/mol. The Labute approximate surface area is 194 Å². The summed E-state index contributed by atoms with van der Waals surface area (Å²) >= 11 is 0. The van der Waals surface area contributed by atoms with Crippen molar-refractivity contribution in [3.05, 3.63) is 71.2 Å². The van der Waals surface area contributed by atoms with E-state index in [1.165, 1.54) is 17.0 Å². The Balaban J connectivity index is 1.72. The van der Waals surface area contributed by atoms with Gasteiger partial charge >= 0.3 is 6.09 Å². The lowest BCUT2D eigenvalue weighted by atomic mass is 9.96. The van der Waals surface area contributed by atoms with Crippen LogP contribution in [0.1, 0.15) is 42.5 Å². The summed E-state index contributed by atoms with van der Waals surface area (Å²) in [4.78, 5) is 17.0. The standard InChI is InChI=1S/C25H24F3N3O3/c1-14(16-4-3-5-17(23(16)26)24(27)28)30-20-6-9-29-21-13-22(34-2)18(12-19(20)21)15-7-10-31(11-8-15)25(32)33/h3-7,9,12-14,24H,8,10-11H2,1-2H3,(H,29,30)(H,32,33)/t14-/m1/s1. The van der Waals surface area contributed by atoms with Crippen molar-refractivity contribution in [3.8, 4) is 5.75 Å². The number of hydrogen-bond acceptors (Lipinski definition) is 4. The van der Waals surface area contributed by atoms with Gasteiger partial charge in [0.1, 0.15) is 11.6 Å². The number of benzene rings is 2. The first kappa shape index (κ1) is 23.4. The Hall–Kier alpha value is -3.75. The van der Waals surface area contributed by atoms with Crippen molar-refractivity contribution >= 4 is 28.3 Å². The number of fused-ring (bicyclic) bond motifs is 1. The monoisotopic (exact) mass is 471 g/mol. The van der Waals surface area contributed by atoms with E-state index in [0.29, 0.717) is 29.9 Å². The molecule has 1 aliphatic heterocycles. The highest BCUT2D eigenvalue weighted by Crippen LogP contribution is 2.37. The number of methoxy groups -OCH3 is 1. The molecule has 4 rings (SSSR count). The molecule has 1 amide bonds. The highest BCUT2D eigenvalue weighted by molar-refractivity contribution is 5.95. The molecule has 1 aromatic heterocycles. The van der Waals surface area contributed by atoms with Gasteiger partial charge in [0.05, 0.1) is 24.2 Å². The number of halogens is 3. The molecule has 9 heteroatoms. The Morgan fingerprint density at radius 3 is 2.65 bits per heavy atom. The fourth-order valence-corrected chi connectivity index (χ4v) is 4.19. The van der Waals surface area contributed by atoms with E-state index in [2.05, 4.69) is 10.3 Å². The van der Waals surface area contributed by atoms with Crippen LogP contribution in [0.3, 0.4) is 0 Å². The molecule has 2 N–H and O–H groups in total. The Kier molecular flexibility index (Phi) is 6.63. The number of rotatable bonds is 6. The highest BCUT2D eigenvalue weighted by atomic mass is 19.3. The molecule has 2 heterocycles. The summed E-state index contributed by atoms with van der Waals surface area (Å²) in [6.45, 7) is 2.35. The van der Waals surface area contributed by atoms with E-state index in [0.717, 1.165) is 22.6 Å². The maximum absolute atomic E-state index is 14.7. The Morgan fingerprint density at radius 2 is 2.00 bits per heavy atom. The number of nitrogens with zero attached hydrogens (tertiary/aromatic N) is 2. The first-order valence-corrected chi connectivity index (χ1v) is 10.8. The average Bonchev–Trinajstić information content (AvgIpc) is 2.83. The lowest BCUT2D eigenvalue weighted by Gasteiger charge is -2.25. The Bertz CT molecular complexity index is 1260. The number of alkyl halides is 2. The van der Waals surface area contributed by atoms with Crippen LogP contribution in [0.2, 0.25) is 0 Å². The van der Waals surface area contributed by atoms with E-state index in [1.807, 2.05) is 12.1 Å². The molecule has 2 aromatic carbocycles. The number of nitrogens with one attached hydrogen (secondary N) is 1. The zero-order valence-electron chi connectivity index (χ0n) is 18.7. The molecule has 1 atom stereocenters. The van der Waals surface area contributed by atoms with Crippen molar-refractivity contribution in [2.45, 2.75) is 25.8 Å². The summed E-state index contributed by atoms with van der Waals surface area (Å²) < 4.78 is 46.5. The predicted molar refractivity (Wildman–Crippen MR) is 124 cm³/mol. The molecule has 6 nitrogen and oxygen atoms in total. The van der Waals surface area contributed by atoms with Gasteiger partial charge in [-0.2, -0.15) is 0 Å². The molecular formula is C25H24F3N3O3.